The summed E-state index contributed by atoms with van der Waals surface area (Å²) in [7, 11) is 1.79. The Morgan fingerprint density at radius 3 is 2.50 bits per heavy atom. The van der Waals surface area contributed by atoms with Gasteiger partial charge in [0.05, 0.1) is 6.33 Å². The molecule has 0 atom stereocenters. The average Bonchev–Trinajstić information content (AvgIpc) is 3.23. The zero-order valence-corrected chi connectivity index (χ0v) is 17.4. The molecular formula is C21H24ClN5S. The first-order valence-corrected chi connectivity index (χ1v) is 10.5. The first-order chi connectivity index (χ1) is 13.7. The van der Waals surface area contributed by atoms with Crippen LogP contribution < -0.4 is 10.6 Å². The van der Waals surface area contributed by atoms with E-state index in [1.54, 1.807) is 25.0 Å². The standard InChI is InChI=1S/C21H24ClN5S/c1-23-21(25-11-13-28-20-8-6-19(22)7-9-20)26-14-17-2-4-18(5-3-17)15-27-12-10-24-16-27/h2-10,12,16H,11,13-15H2,1H3,(H2,23,25,26). The Balaban J connectivity index is 1.38. The van der Waals surface area contributed by atoms with Crippen LogP contribution in [0.15, 0.2) is 77.1 Å². The molecule has 0 aliphatic carbocycles. The smallest absolute Gasteiger partial charge is 0.191 e. The highest BCUT2D eigenvalue weighted by atomic mass is 35.5. The number of nitrogens with one attached hydrogen (secondary N) is 2. The zero-order valence-electron chi connectivity index (χ0n) is 15.8. The molecule has 0 saturated carbocycles. The fourth-order valence-corrected chi connectivity index (χ4v) is 3.52. The van der Waals surface area contributed by atoms with Gasteiger partial charge in [0.15, 0.2) is 5.96 Å². The fraction of sp³-hybridized carbons (Fsp3) is 0.238. The first kappa shape index (κ1) is 20.3. The van der Waals surface area contributed by atoms with Crippen molar-refractivity contribution in [2.45, 2.75) is 18.0 Å². The molecule has 0 bridgehead atoms. The maximum atomic E-state index is 5.91. The van der Waals surface area contributed by atoms with Crippen molar-refractivity contribution in [3.63, 3.8) is 0 Å². The summed E-state index contributed by atoms with van der Waals surface area (Å²) in [5.41, 5.74) is 2.47. The van der Waals surface area contributed by atoms with E-state index in [4.69, 9.17) is 11.6 Å². The van der Waals surface area contributed by atoms with Crippen LogP contribution in [0.5, 0.6) is 0 Å². The minimum atomic E-state index is 0.732. The minimum absolute atomic E-state index is 0.732. The molecule has 0 radical (unpaired) electrons. The number of rotatable bonds is 8. The number of imidazole rings is 1. The third-order valence-electron chi connectivity index (χ3n) is 4.11. The van der Waals surface area contributed by atoms with Gasteiger partial charge in [-0.15, -0.1) is 11.8 Å². The van der Waals surface area contributed by atoms with Gasteiger partial charge in [0.2, 0.25) is 0 Å². The average molecular weight is 414 g/mol. The minimum Gasteiger partial charge on any atom is -0.356 e. The number of halogens is 1. The van der Waals surface area contributed by atoms with Crippen LogP contribution in [-0.4, -0.2) is 34.9 Å². The molecule has 1 heterocycles. The van der Waals surface area contributed by atoms with Crippen molar-refractivity contribution >= 4 is 29.3 Å². The Morgan fingerprint density at radius 2 is 1.82 bits per heavy atom. The second kappa shape index (κ2) is 10.8. The summed E-state index contributed by atoms with van der Waals surface area (Å²) >= 11 is 7.70. The number of aliphatic imine (C=N–C) groups is 1. The van der Waals surface area contributed by atoms with Gasteiger partial charge in [-0.1, -0.05) is 35.9 Å². The summed E-state index contributed by atoms with van der Waals surface area (Å²) in [6.07, 6.45) is 5.59. The molecule has 1 aromatic heterocycles. The third-order valence-corrected chi connectivity index (χ3v) is 5.37. The second-order valence-electron chi connectivity index (χ2n) is 6.21. The molecule has 0 aliphatic rings. The van der Waals surface area contributed by atoms with E-state index < -0.39 is 0 Å². The van der Waals surface area contributed by atoms with Crippen molar-refractivity contribution in [3.05, 3.63) is 83.4 Å². The number of guanidine groups is 1. The third kappa shape index (κ3) is 6.62. The number of aromatic nitrogens is 2. The summed E-state index contributed by atoms with van der Waals surface area (Å²) in [6, 6.07) is 16.5. The number of nitrogens with zero attached hydrogens (tertiary/aromatic N) is 3. The molecule has 3 aromatic rings. The molecule has 0 amide bonds. The highest BCUT2D eigenvalue weighted by Gasteiger charge is 2.00. The van der Waals surface area contributed by atoms with E-state index in [1.807, 2.05) is 36.8 Å². The van der Waals surface area contributed by atoms with E-state index in [1.165, 1.54) is 16.0 Å². The van der Waals surface area contributed by atoms with Gasteiger partial charge in [-0.05, 0) is 35.4 Å². The SMILES string of the molecule is CN=C(NCCSc1ccc(Cl)cc1)NCc1ccc(Cn2ccnc2)cc1. The lowest BCUT2D eigenvalue weighted by Crippen LogP contribution is -2.37. The van der Waals surface area contributed by atoms with E-state index in [0.717, 1.165) is 36.4 Å². The molecule has 28 heavy (non-hydrogen) atoms. The van der Waals surface area contributed by atoms with Gasteiger partial charge in [-0.25, -0.2) is 4.98 Å². The molecule has 0 saturated heterocycles. The number of thioether (sulfide) groups is 1. The monoisotopic (exact) mass is 413 g/mol. The normalized spacial score (nSPS) is 11.4. The van der Waals surface area contributed by atoms with Gasteiger partial charge in [-0.2, -0.15) is 0 Å². The highest BCUT2D eigenvalue weighted by Crippen LogP contribution is 2.19. The lowest BCUT2D eigenvalue weighted by atomic mass is 10.1. The molecule has 5 nitrogen and oxygen atoms in total. The molecule has 0 spiro atoms. The molecule has 0 fully saturated rings. The molecule has 0 aliphatic heterocycles. The Labute approximate surface area is 175 Å². The quantitative estimate of drug-likeness (QED) is 0.253. The number of hydrogen-bond donors (Lipinski definition) is 2. The van der Waals surface area contributed by atoms with Gasteiger partial charge in [0.25, 0.3) is 0 Å². The summed E-state index contributed by atoms with van der Waals surface area (Å²) in [6.45, 7) is 2.40. The highest BCUT2D eigenvalue weighted by molar-refractivity contribution is 7.99. The molecule has 2 aromatic carbocycles. The Kier molecular flexibility index (Phi) is 7.82. The van der Waals surface area contributed by atoms with Crippen molar-refractivity contribution in [3.8, 4) is 0 Å². The zero-order chi connectivity index (χ0) is 19.6. The molecule has 146 valence electrons. The Hall–Kier alpha value is -2.44. The van der Waals surface area contributed by atoms with E-state index in [2.05, 4.69) is 49.4 Å². The number of benzene rings is 2. The van der Waals surface area contributed by atoms with Crippen LogP contribution in [0.3, 0.4) is 0 Å². The van der Waals surface area contributed by atoms with Crippen molar-refractivity contribution in [2.75, 3.05) is 19.3 Å². The predicted octanol–water partition coefficient (Wildman–Crippen LogP) is 4.04. The van der Waals surface area contributed by atoms with E-state index in [-0.39, 0.29) is 0 Å². The van der Waals surface area contributed by atoms with E-state index in [9.17, 15) is 0 Å². The van der Waals surface area contributed by atoms with Crippen molar-refractivity contribution in [1.29, 1.82) is 0 Å². The van der Waals surface area contributed by atoms with E-state index in [0.29, 0.717) is 0 Å². The largest absolute Gasteiger partial charge is 0.356 e. The van der Waals surface area contributed by atoms with Crippen LogP contribution >= 0.6 is 23.4 Å². The molecular weight excluding hydrogens is 390 g/mol. The maximum absolute atomic E-state index is 5.91. The summed E-state index contributed by atoms with van der Waals surface area (Å²) in [5.74, 6) is 1.75. The fourth-order valence-electron chi connectivity index (χ4n) is 2.63. The predicted molar refractivity (Wildman–Crippen MR) is 118 cm³/mol. The van der Waals surface area contributed by atoms with Gasteiger partial charge in [-0.3, -0.25) is 4.99 Å². The second-order valence-corrected chi connectivity index (χ2v) is 7.81. The van der Waals surface area contributed by atoms with Gasteiger partial charge in [0.1, 0.15) is 0 Å². The van der Waals surface area contributed by atoms with Gasteiger partial charge in [0, 0.05) is 54.7 Å². The topological polar surface area (TPSA) is 54.2 Å². The molecule has 2 N–H and O–H groups in total. The van der Waals surface area contributed by atoms with Crippen LogP contribution in [0.25, 0.3) is 0 Å². The van der Waals surface area contributed by atoms with Crippen LogP contribution in [0, 0.1) is 0 Å². The Bertz CT molecular complexity index is 861. The van der Waals surface area contributed by atoms with Crippen LogP contribution in [0.2, 0.25) is 5.02 Å². The number of hydrogen-bond acceptors (Lipinski definition) is 3. The lowest BCUT2D eigenvalue weighted by molar-refractivity contribution is 0.794. The van der Waals surface area contributed by atoms with Crippen LogP contribution in [0.4, 0.5) is 0 Å². The van der Waals surface area contributed by atoms with Gasteiger partial charge >= 0.3 is 0 Å². The summed E-state index contributed by atoms with van der Waals surface area (Å²) in [5, 5.41) is 7.46. The van der Waals surface area contributed by atoms with Crippen LogP contribution in [-0.2, 0) is 13.1 Å². The molecule has 3 rings (SSSR count). The van der Waals surface area contributed by atoms with E-state index >= 15 is 0 Å². The lowest BCUT2D eigenvalue weighted by Gasteiger charge is -2.12. The maximum Gasteiger partial charge on any atom is 0.191 e. The van der Waals surface area contributed by atoms with Crippen molar-refractivity contribution in [2.24, 2.45) is 4.99 Å². The molecule has 7 heteroatoms. The summed E-state index contributed by atoms with van der Waals surface area (Å²) in [4.78, 5) is 9.57. The Morgan fingerprint density at radius 1 is 1.07 bits per heavy atom. The van der Waals surface area contributed by atoms with Crippen molar-refractivity contribution < 1.29 is 0 Å². The van der Waals surface area contributed by atoms with Crippen LogP contribution in [0.1, 0.15) is 11.1 Å². The van der Waals surface area contributed by atoms with Crippen molar-refractivity contribution in [1.82, 2.24) is 20.2 Å². The molecule has 0 unspecified atom stereocenters. The summed E-state index contributed by atoms with van der Waals surface area (Å²) < 4.78 is 2.06. The van der Waals surface area contributed by atoms with Gasteiger partial charge < -0.3 is 15.2 Å². The first-order valence-electron chi connectivity index (χ1n) is 9.09.